The summed E-state index contributed by atoms with van der Waals surface area (Å²) in [6, 6.07) is -0.00706. The Morgan fingerprint density at radius 1 is 1.38 bits per heavy atom. The second-order valence-electron chi connectivity index (χ2n) is 2.76. The van der Waals surface area contributed by atoms with E-state index in [1.165, 1.54) is 0 Å². The van der Waals surface area contributed by atoms with Gasteiger partial charge in [-0.05, 0) is 13.3 Å². The van der Waals surface area contributed by atoms with Crippen molar-refractivity contribution in [3.63, 3.8) is 0 Å². The van der Waals surface area contributed by atoms with Gasteiger partial charge in [0.2, 0.25) is 0 Å². The number of nitrogens with one attached hydrogen (secondary N) is 2. The molecule has 1 atom stereocenters. The van der Waals surface area contributed by atoms with E-state index in [0.29, 0.717) is 0 Å². The van der Waals surface area contributed by atoms with Crippen molar-refractivity contribution in [1.82, 2.24) is 10.6 Å². The highest BCUT2D eigenvalue weighted by molar-refractivity contribution is 6.35. The SMILES string of the molecule is CCC(C)NC(=O)C(=O)NCCO. The van der Waals surface area contributed by atoms with Crippen LogP contribution >= 0.6 is 0 Å². The Morgan fingerprint density at radius 3 is 2.46 bits per heavy atom. The van der Waals surface area contributed by atoms with Crippen molar-refractivity contribution >= 4 is 11.8 Å². The van der Waals surface area contributed by atoms with Crippen molar-refractivity contribution in [1.29, 1.82) is 0 Å². The summed E-state index contributed by atoms with van der Waals surface area (Å²) in [6.07, 6.45) is 0.777. The van der Waals surface area contributed by atoms with Crippen molar-refractivity contribution in [2.45, 2.75) is 26.3 Å². The molecule has 3 N–H and O–H groups in total. The molecule has 0 aliphatic heterocycles. The number of rotatable bonds is 4. The van der Waals surface area contributed by atoms with Gasteiger partial charge < -0.3 is 15.7 Å². The number of carbonyl (C=O) groups is 2. The lowest BCUT2D eigenvalue weighted by atomic mass is 10.2. The summed E-state index contributed by atoms with van der Waals surface area (Å²) >= 11 is 0. The molecule has 0 radical (unpaired) electrons. The highest BCUT2D eigenvalue weighted by Gasteiger charge is 2.13. The summed E-state index contributed by atoms with van der Waals surface area (Å²) in [6.45, 7) is 3.67. The summed E-state index contributed by atoms with van der Waals surface area (Å²) in [4.78, 5) is 21.9. The monoisotopic (exact) mass is 188 g/mol. The maximum absolute atomic E-state index is 11.0. The molecule has 0 aromatic rings. The molecule has 0 saturated carbocycles. The molecule has 0 fully saturated rings. The topological polar surface area (TPSA) is 78.4 Å². The van der Waals surface area contributed by atoms with Gasteiger partial charge in [-0.15, -0.1) is 0 Å². The molecule has 0 rings (SSSR count). The molecule has 0 spiro atoms. The van der Waals surface area contributed by atoms with Crippen LogP contribution in [0.1, 0.15) is 20.3 Å². The fraction of sp³-hybridized carbons (Fsp3) is 0.750. The van der Waals surface area contributed by atoms with Crippen LogP contribution in [0.25, 0.3) is 0 Å². The van der Waals surface area contributed by atoms with Crippen LogP contribution in [0.2, 0.25) is 0 Å². The number of carbonyl (C=O) groups excluding carboxylic acids is 2. The molecule has 0 bridgehead atoms. The van der Waals surface area contributed by atoms with E-state index in [9.17, 15) is 9.59 Å². The third kappa shape index (κ3) is 5.19. The first kappa shape index (κ1) is 11.9. The Hall–Kier alpha value is -1.10. The van der Waals surface area contributed by atoms with Gasteiger partial charge in [0.15, 0.2) is 0 Å². The van der Waals surface area contributed by atoms with Crippen molar-refractivity contribution in [3.8, 4) is 0 Å². The molecular weight excluding hydrogens is 172 g/mol. The van der Waals surface area contributed by atoms with Crippen LogP contribution in [0.5, 0.6) is 0 Å². The maximum atomic E-state index is 11.0. The van der Waals surface area contributed by atoms with Crippen molar-refractivity contribution in [2.75, 3.05) is 13.2 Å². The van der Waals surface area contributed by atoms with E-state index in [4.69, 9.17) is 5.11 Å². The van der Waals surface area contributed by atoms with Crippen LogP contribution < -0.4 is 10.6 Å². The molecular formula is C8H16N2O3. The van der Waals surface area contributed by atoms with Gasteiger partial charge >= 0.3 is 11.8 Å². The fourth-order valence-electron chi connectivity index (χ4n) is 0.641. The van der Waals surface area contributed by atoms with Crippen LogP contribution in [0.15, 0.2) is 0 Å². The molecule has 13 heavy (non-hydrogen) atoms. The second-order valence-corrected chi connectivity index (χ2v) is 2.76. The Bertz CT molecular complexity index is 182. The highest BCUT2D eigenvalue weighted by atomic mass is 16.3. The zero-order valence-corrected chi connectivity index (χ0v) is 7.96. The van der Waals surface area contributed by atoms with Crippen molar-refractivity contribution < 1.29 is 14.7 Å². The number of aliphatic hydroxyl groups excluding tert-OH is 1. The second kappa shape index (κ2) is 6.42. The Balaban J connectivity index is 3.76. The summed E-state index contributed by atoms with van der Waals surface area (Å²) in [5.74, 6) is -1.35. The molecule has 0 aromatic heterocycles. The van der Waals surface area contributed by atoms with E-state index in [-0.39, 0.29) is 19.2 Å². The molecule has 0 aliphatic carbocycles. The van der Waals surface area contributed by atoms with E-state index in [1.54, 1.807) is 0 Å². The minimum atomic E-state index is -0.700. The van der Waals surface area contributed by atoms with E-state index in [2.05, 4.69) is 10.6 Å². The number of amides is 2. The van der Waals surface area contributed by atoms with E-state index >= 15 is 0 Å². The van der Waals surface area contributed by atoms with Crippen LogP contribution in [-0.2, 0) is 9.59 Å². The minimum Gasteiger partial charge on any atom is -0.395 e. The largest absolute Gasteiger partial charge is 0.395 e. The van der Waals surface area contributed by atoms with Crippen LogP contribution in [0.4, 0.5) is 0 Å². The van der Waals surface area contributed by atoms with E-state index < -0.39 is 11.8 Å². The number of aliphatic hydroxyl groups is 1. The third-order valence-corrected chi connectivity index (χ3v) is 1.59. The zero-order valence-electron chi connectivity index (χ0n) is 7.96. The maximum Gasteiger partial charge on any atom is 0.309 e. The van der Waals surface area contributed by atoms with Gasteiger partial charge in [0.25, 0.3) is 0 Å². The quantitative estimate of drug-likeness (QED) is 0.496. The molecule has 5 heteroatoms. The Morgan fingerprint density at radius 2 is 2.00 bits per heavy atom. The standard InChI is InChI=1S/C8H16N2O3/c1-3-6(2)10-8(13)7(12)9-4-5-11/h6,11H,3-5H2,1-2H3,(H,9,12)(H,10,13). The summed E-state index contributed by atoms with van der Waals surface area (Å²) in [5, 5.41) is 13.1. The first-order valence-electron chi connectivity index (χ1n) is 4.31. The summed E-state index contributed by atoms with van der Waals surface area (Å²) in [5.41, 5.74) is 0. The van der Waals surface area contributed by atoms with Crippen LogP contribution in [-0.4, -0.2) is 36.1 Å². The van der Waals surface area contributed by atoms with Crippen LogP contribution in [0, 0.1) is 0 Å². The average molecular weight is 188 g/mol. The van der Waals surface area contributed by atoms with Crippen molar-refractivity contribution in [2.24, 2.45) is 0 Å². The smallest absolute Gasteiger partial charge is 0.309 e. The molecule has 0 heterocycles. The van der Waals surface area contributed by atoms with E-state index in [1.807, 2.05) is 13.8 Å². The Labute approximate surface area is 77.5 Å². The molecule has 76 valence electrons. The summed E-state index contributed by atoms with van der Waals surface area (Å²) in [7, 11) is 0. The lowest BCUT2D eigenvalue weighted by Gasteiger charge is -2.10. The van der Waals surface area contributed by atoms with Crippen LogP contribution in [0.3, 0.4) is 0 Å². The molecule has 0 saturated heterocycles. The summed E-state index contributed by atoms with van der Waals surface area (Å²) < 4.78 is 0. The predicted octanol–water partition coefficient (Wildman–Crippen LogP) is -0.990. The van der Waals surface area contributed by atoms with Gasteiger partial charge in [0, 0.05) is 12.6 Å². The average Bonchev–Trinajstić information content (AvgIpc) is 2.13. The Kier molecular flexibility index (Phi) is 5.88. The normalized spacial score (nSPS) is 11.9. The first-order valence-corrected chi connectivity index (χ1v) is 4.31. The molecule has 0 aromatic carbocycles. The van der Waals surface area contributed by atoms with E-state index in [0.717, 1.165) is 6.42 Å². The molecule has 0 aliphatic rings. The van der Waals surface area contributed by atoms with Gasteiger partial charge in [-0.3, -0.25) is 9.59 Å². The molecule has 5 nitrogen and oxygen atoms in total. The lowest BCUT2D eigenvalue weighted by Crippen LogP contribution is -2.44. The van der Waals surface area contributed by atoms with Crippen molar-refractivity contribution in [3.05, 3.63) is 0 Å². The minimum absolute atomic E-state index is 0.00706. The number of hydrogen-bond donors (Lipinski definition) is 3. The molecule has 2 amide bonds. The lowest BCUT2D eigenvalue weighted by molar-refractivity contribution is -0.139. The molecule has 1 unspecified atom stereocenters. The van der Waals surface area contributed by atoms with Gasteiger partial charge in [0.1, 0.15) is 0 Å². The van der Waals surface area contributed by atoms with Gasteiger partial charge in [0.05, 0.1) is 6.61 Å². The third-order valence-electron chi connectivity index (χ3n) is 1.59. The highest BCUT2D eigenvalue weighted by Crippen LogP contribution is 1.86. The zero-order chi connectivity index (χ0) is 10.3. The predicted molar refractivity (Wildman–Crippen MR) is 48.0 cm³/mol. The number of hydrogen-bond acceptors (Lipinski definition) is 3. The first-order chi connectivity index (χ1) is 6.11. The van der Waals surface area contributed by atoms with Gasteiger partial charge in [-0.25, -0.2) is 0 Å². The van der Waals surface area contributed by atoms with Gasteiger partial charge in [-0.1, -0.05) is 6.92 Å². The van der Waals surface area contributed by atoms with Gasteiger partial charge in [-0.2, -0.15) is 0 Å². The fourth-order valence-corrected chi connectivity index (χ4v) is 0.641.